The Hall–Kier alpha value is -1.96. The zero-order valence-corrected chi connectivity index (χ0v) is 12.5. The lowest BCUT2D eigenvalue weighted by Gasteiger charge is -1.97. The van der Waals surface area contributed by atoms with E-state index >= 15 is 0 Å². The topological polar surface area (TPSA) is 93.3 Å². The lowest BCUT2D eigenvalue weighted by atomic mass is 10.2. The maximum absolute atomic E-state index is 10.9. The van der Waals surface area contributed by atoms with Gasteiger partial charge in [0.2, 0.25) is 0 Å². The van der Waals surface area contributed by atoms with Crippen LogP contribution in [0.3, 0.4) is 0 Å². The van der Waals surface area contributed by atoms with Crippen LogP contribution in [-0.2, 0) is 15.9 Å². The molecule has 0 aliphatic carbocycles. The average Bonchev–Trinajstić information content (AvgIpc) is 2.80. The first-order valence-electron chi connectivity index (χ1n) is 6.11. The molecule has 108 valence electrons. The fourth-order valence-corrected chi connectivity index (χ4v) is 3.65. The van der Waals surface area contributed by atoms with E-state index in [1.54, 1.807) is 18.2 Å². The van der Waals surface area contributed by atoms with E-state index in [0.29, 0.717) is 11.3 Å². The fraction of sp³-hybridized carbons (Fsp3) is 0.0714. The Morgan fingerprint density at radius 1 is 1.14 bits per heavy atom. The molecule has 7 heteroatoms. The van der Waals surface area contributed by atoms with Crippen LogP contribution >= 0.6 is 11.3 Å². The molecule has 0 atom stereocenters. The molecular weight excluding hydrogens is 308 g/mol. The SMILES string of the molecule is Nc1ccc(-c2nc3ccc(CS(=O)(=O)O)cc3s2)cc1. The van der Waals surface area contributed by atoms with Gasteiger partial charge in [-0.25, -0.2) is 4.98 Å². The van der Waals surface area contributed by atoms with E-state index in [1.807, 2.05) is 24.3 Å². The van der Waals surface area contributed by atoms with Crippen LogP contribution in [0.1, 0.15) is 5.56 Å². The van der Waals surface area contributed by atoms with Gasteiger partial charge in [-0.1, -0.05) is 6.07 Å². The number of hydrogen-bond donors (Lipinski definition) is 2. The van der Waals surface area contributed by atoms with Crippen molar-refractivity contribution in [3.05, 3.63) is 48.0 Å². The van der Waals surface area contributed by atoms with Crippen LogP contribution in [0.25, 0.3) is 20.8 Å². The minimum Gasteiger partial charge on any atom is -0.399 e. The van der Waals surface area contributed by atoms with Crippen molar-refractivity contribution in [3.8, 4) is 10.6 Å². The summed E-state index contributed by atoms with van der Waals surface area (Å²) in [5.41, 5.74) is 8.65. The van der Waals surface area contributed by atoms with Crippen molar-refractivity contribution in [2.75, 3.05) is 5.73 Å². The number of nitrogens with two attached hydrogens (primary N) is 1. The number of anilines is 1. The number of aromatic nitrogens is 1. The average molecular weight is 320 g/mol. The summed E-state index contributed by atoms with van der Waals surface area (Å²) in [5, 5.41) is 0.842. The highest BCUT2D eigenvalue weighted by atomic mass is 32.2. The lowest BCUT2D eigenvalue weighted by Crippen LogP contribution is -2.00. The highest BCUT2D eigenvalue weighted by Crippen LogP contribution is 2.31. The monoisotopic (exact) mass is 320 g/mol. The second-order valence-corrected chi connectivity index (χ2v) is 7.15. The van der Waals surface area contributed by atoms with Gasteiger partial charge in [0.15, 0.2) is 0 Å². The molecule has 0 amide bonds. The van der Waals surface area contributed by atoms with Crippen LogP contribution in [0, 0.1) is 0 Å². The summed E-state index contributed by atoms with van der Waals surface area (Å²) < 4.78 is 31.6. The molecule has 1 heterocycles. The van der Waals surface area contributed by atoms with Gasteiger partial charge in [0.25, 0.3) is 10.1 Å². The minimum absolute atomic E-state index is 0.391. The molecular formula is C14H12N2O3S2. The van der Waals surface area contributed by atoms with Crippen molar-refractivity contribution in [2.45, 2.75) is 5.75 Å². The number of rotatable bonds is 3. The van der Waals surface area contributed by atoms with Crippen LogP contribution in [0.4, 0.5) is 5.69 Å². The van der Waals surface area contributed by atoms with E-state index in [9.17, 15) is 8.42 Å². The Kier molecular flexibility index (Phi) is 3.40. The molecule has 1 aromatic heterocycles. The fourth-order valence-electron chi connectivity index (χ4n) is 2.02. The molecule has 0 unspecified atom stereocenters. The summed E-state index contributed by atoms with van der Waals surface area (Å²) in [4.78, 5) is 4.52. The number of hydrogen-bond acceptors (Lipinski definition) is 5. The van der Waals surface area contributed by atoms with E-state index in [-0.39, 0.29) is 0 Å². The number of nitrogen functional groups attached to an aromatic ring is 1. The zero-order chi connectivity index (χ0) is 15.0. The van der Waals surface area contributed by atoms with Gasteiger partial charge in [-0.15, -0.1) is 11.3 Å². The van der Waals surface area contributed by atoms with Crippen LogP contribution in [0.2, 0.25) is 0 Å². The first-order chi connectivity index (χ1) is 9.90. The molecule has 0 bridgehead atoms. The summed E-state index contributed by atoms with van der Waals surface area (Å²) in [6.45, 7) is 0. The minimum atomic E-state index is -4.03. The third-order valence-electron chi connectivity index (χ3n) is 2.96. The van der Waals surface area contributed by atoms with Gasteiger partial charge in [-0.2, -0.15) is 8.42 Å². The van der Waals surface area contributed by atoms with E-state index in [0.717, 1.165) is 20.8 Å². The predicted octanol–water partition coefficient (Wildman–Crippen LogP) is 2.93. The molecule has 0 spiro atoms. The molecule has 0 radical (unpaired) electrons. The summed E-state index contributed by atoms with van der Waals surface area (Å²) in [6.07, 6.45) is 0. The summed E-state index contributed by atoms with van der Waals surface area (Å²) in [6, 6.07) is 12.6. The molecule has 0 fully saturated rings. The molecule has 0 aliphatic rings. The van der Waals surface area contributed by atoms with Crippen molar-refractivity contribution >= 4 is 37.4 Å². The molecule has 0 saturated heterocycles. The molecule has 3 rings (SSSR count). The van der Waals surface area contributed by atoms with Crippen molar-refractivity contribution in [1.82, 2.24) is 4.98 Å². The van der Waals surface area contributed by atoms with Gasteiger partial charge in [-0.3, -0.25) is 4.55 Å². The highest BCUT2D eigenvalue weighted by Gasteiger charge is 2.10. The second-order valence-electron chi connectivity index (χ2n) is 4.67. The molecule has 0 saturated carbocycles. The number of nitrogens with zero attached hydrogens (tertiary/aromatic N) is 1. The third-order valence-corrected chi connectivity index (χ3v) is 4.72. The Balaban J connectivity index is 2.02. The van der Waals surface area contributed by atoms with Gasteiger partial charge in [0, 0.05) is 11.3 Å². The molecule has 0 aliphatic heterocycles. The number of benzene rings is 2. The van der Waals surface area contributed by atoms with Gasteiger partial charge in [0.05, 0.1) is 10.2 Å². The maximum atomic E-state index is 10.9. The van der Waals surface area contributed by atoms with Crippen LogP contribution in [0.15, 0.2) is 42.5 Å². The van der Waals surface area contributed by atoms with E-state index in [4.69, 9.17) is 10.3 Å². The predicted molar refractivity (Wildman–Crippen MR) is 84.7 cm³/mol. The first-order valence-corrected chi connectivity index (χ1v) is 8.54. The van der Waals surface area contributed by atoms with Crippen LogP contribution in [-0.4, -0.2) is 18.0 Å². The van der Waals surface area contributed by atoms with Crippen molar-refractivity contribution in [3.63, 3.8) is 0 Å². The summed E-state index contributed by atoms with van der Waals surface area (Å²) in [7, 11) is -4.03. The Morgan fingerprint density at radius 3 is 2.52 bits per heavy atom. The van der Waals surface area contributed by atoms with Gasteiger partial charge in [0.1, 0.15) is 10.8 Å². The maximum Gasteiger partial charge on any atom is 0.269 e. The molecule has 5 nitrogen and oxygen atoms in total. The van der Waals surface area contributed by atoms with Crippen LogP contribution < -0.4 is 5.73 Å². The molecule has 21 heavy (non-hydrogen) atoms. The van der Waals surface area contributed by atoms with E-state index in [1.165, 1.54) is 11.3 Å². The third kappa shape index (κ3) is 3.21. The lowest BCUT2D eigenvalue weighted by molar-refractivity contribution is 0.482. The second kappa shape index (κ2) is 5.10. The molecule has 3 aromatic rings. The Morgan fingerprint density at radius 2 is 1.86 bits per heavy atom. The van der Waals surface area contributed by atoms with Crippen molar-refractivity contribution in [1.29, 1.82) is 0 Å². The van der Waals surface area contributed by atoms with Gasteiger partial charge < -0.3 is 5.73 Å². The van der Waals surface area contributed by atoms with Crippen LogP contribution in [0.5, 0.6) is 0 Å². The number of fused-ring (bicyclic) bond motifs is 1. The van der Waals surface area contributed by atoms with Gasteiger partial charge >= 0.3 is 0 Å². The quantitative estimate of drug-likeness (QED) is 0.571. The van der Waals surface area contributed by atoms with Gasteiger partial charge in [-0.05, 0) is 42.0 Å². The van der Waals surface area contributed by atoms with Crippen molar-refractivity contribution in [2.24, 2.45) is 0 Å². The Labute approximate surface area is 125 Å². The summed E-state index contributed by atoms with van der Waals surface area (Å²) >= 11 is 1.47. The van der Waals surface area contributed by atoms with Crippen molar-refractivity contribution < 1.29 is 13.0 Å². The van der Waals surface area contributed by atoms with E-state index < -0.39 is 15.9 Å². The highest BCUT2D eigenvalue weighted by molar-refractivity contribution is 7.85. The molecule has 2 aromatic carbocycles. The Bertz CT molecular complexity index is 900. The molecule has 3 N–H and O–H groups in total. The van der Waals surface area contributed by atoms with E-state index in [2.05, 4.69) is 4.98 Å². The number of thiazole rings is 1. The smallest absolute Gasteiger partial charge is 0.269 e. The zero-order valence-electron chi connectivity index (χ0n) is 10.9. The summed E-state index contributed by atoms with van der Waals surface area (Å²) in [5.74, 6) is -0.391. The largest absolute Gasteiger partial charge is 0.399 e. The first kappa shape index (κ1) is 14.0. The standard InChI is InChI=1S/C14H12N2O3S2/c15-11-4-2-10(3-5-11)14-16-12-6-1-9(7-13(12)20-14)8-21(17,18)19/h1-7H,8,15H2,(H,17,18,19). The normalized spacial score (nSPS) is 11.9.